The first-order valence-corrected chi connectivity index (χ1v) is 24.3. The van der Waals surface area contributed by atoms with E-state index < -0.39 is 10.8 Å². The van der Waals surface area contributed by atoms with Crippen molar-refractivity contribution in [1.82, 2.24) is 4.57 Å². The van der Waals surface area contributed by atoms with E-state index in [9.17, 15) is 0 Å². The summed E-state index contributed by atoms with van der Waals surface area (Å²) < 4.78 is 2.43. The number of fused-ring (bicyclic) bond motifs is 3. The van der Waals surface area contributed by atoms with Crippen LogP contribution in [0.3, 0.4) is 0 Å². The van der Waals surface area contributed by atoms with E-state index >= 15 is 0 Å². The summed E-state index contributed by atoms with van der Waals surface area (Å²) >= 11 is 0. The maximum Gasteiger partial charge on any atom is 0.0714 e. The van der Waals surface area contributed by atoms with Crippen LogP contribution in [0.4, 0.5) is 0 Å². The van der Waals surface area contributed by atoms with Crippen molar-refractivity contribution >= 4 is 54.1 Å². The molecule has 13 aromatic rings. The number of nitrogens with zero attached hydrogens (tertiary/aromatic N) is 1. The third-order valence-corrected chi connectivity index (χ3v) is 16.1. The second-order valence-electron chi connectivity index (χ2n) is 19.7. The SMILES string of the molecule is Cc1cc2c3c(c1)C(c1ccccc1)(c1ccc(-n4c5ccccc5c5ccccc54)cc1)c1cc(C)cc(c1-3)C2(c1ccccc1)c1ccc(-c2cc3ccc4cccc5ccc(c2)c3c45)cc1. The van der Waals surface area contributed by atoms with Gasteiger partial charge in [-0.3, -0.25) is 0 Å². The molecule has 0 saturated carbocycles. The second kappa shape index (κ2) is 14.0. The average Bonchev–Trinajstić information content (AvgIpc) is 4.00. The average molecular weight is 876 g/mol. The van der Waals surface area contributed by atoms with Gasteiger partial charge < -0.3 is 4.57 Å². The molecule has 2 aliphatic carbocycles. The van der Waals surface area contributed by atoms with Crippen LogP contribution in [0, 0.1) is 13.8 Å². The van der Waals surface area contributed by atoms with Crippen molar-refractivity contribution in [2.75, 3.05) is 0 Å². The summed E-state index contributed by atoms with van der Waals surface area (Å²) in [5.41, 5.74) is 20.8. The lowest BCUT2D eigenvalue weighted by Crippen LogP contribution is -2.33. The minimum atomic E-state index is -0.545. The molecule has 1 nitrogen and oxygen atoms in total. The van der Waals surface area contributed by atoms with Gasteiger partial charge in [-0.2, -0.15) is 0 Å². The van der Waals surface area contributed by atoms with E-state index in [1.165, 1.54) is 132 Å². The molecule has 0 radical (unpaired) electrons. The molecule has 1 heteroatoms. The van der Waals surface area contributed by atoms with Gasteiger partial charge in [-0.05, 0) is 149 Å². The molecule has 15 rings (SSSR count). The smallest absolute Gasteiger partial charge is 0.0714 e. The van der Waals surface area contributed by atoms with Crippen LogP contribution in [0.2, 0.25) is 0 Å². The Labute approximate surface area is 401 Å². The summed E-state index contributed by atoms with van der Waals surface area (Å²) in [7, 11) is 0. The zero-order chi connectivity index (χ0) is 45.6. The molecule has 69 heavy (non-hydrogen) atoms. The van der Waals surface area contributed by atoms with Gasteiger partial charge >= 0.3 is 0 Å². The van der Waals surface area contributed by atoms with Crippen LogP contribution in [0.15, 0.2) is 237 Å². The van der Waals surface area contributed by atoms with Crippen LogP contribution in [-0.2, 0) is 10.8 Å². The highest BCUT2D eigenvalue weighted by Crippen LogP contribution is 2.67. The Hall–Kier alpha value is -8.52. The van der Waals surface area contributed by atoms with Gasteiger partial charge in [0, 0.05) is 16.5 Å². The minimum Gasteiger partial charge on any atom is -0.309 e. The topological polar surface area (TPSA) is 4.93 Å². The van der Waals surface area contributed by atoms with Crippen molar-refractivity contribution in [2.24, 2.45) is 0 Å². The van der Waals surface area contributed by atoms with E-state index in [1.807, 2.05) is 0 Å². The van der Waals surface area contributed by atoms with Crippen LogP contribution in [-0.4, -0.2) is 4.57 Å². The second-order valence-corrected chi connectivity index (χ2v) is 19.7. The van der Waals surface area contributed by atoms with Gasteiger partial charge in [0.05, 0.1) is 21.9 Å². The lowest BCUT2D eigenvalue weighted by molar-refractivity contribution is 0.730. The van der Waals surface area contributed by atoms with Gasteiger partial charge in [0.25, 0.3) is 0 Å². The van der Waals surface area contributed by atoms with Crippen molar-refractivity contribution in [3.05, 3.63) is 292 Å². The Kier molecular flexibility index (Phi) is 7.83. The molecule has 0 N–H and O–H groups in total. The highest BCUT2D eigenvalue weighted by molar-refractivity contribution is 6.23. The standard InChI is InChI=1S/C68H45N/c1-42-36-57-65-59(38-42)68(51-18-7-4-8-19-51,53-32-34-54(35-33-53)69-61-22-11-9-20-55(61)56-21-10-12-23-62(56)69)60-39-43(2)37-58(66(60)65)67(57,50-16-5-3-6-17-50)52-30-28-44(29-31-52)49-40-47-26-24-45-14-13-15-46-25-27-48(41-49)64(47)63(45)46/h3-41H,1-2H3. The number of rotatable bonds is 6. The van der Waals surface area contributed by atoms with E-state index in [1.54, 1.807) is 0 Å². The molecule has 12 aromatic carbocycles. The van der Waals surface area contributed by atoms with Gasteiger partial charge in [-0.25, -0.2) is 0 Å². The minimum absolute atomic E-state index is 0.539. The van der Waals surface area contributed by atoms with E-state index in [4.69, 9.17) is 0 Å². The van der Waals surface area contributed by atoms with Gasteiger partial charge in [0.1, 0.15) is 0 Å². The molecule has 0 saturated heterocycles. The Morgan fingerprint density at radius 1 is 0.304 bits per heavy atom. The number of aromatic nitrogens is 1. The maximum absolute atomic E-state index is 2.50. The molecule has 0 unspecified atom stereocenters. The predicted molar refractivity (Wildman–Crippen MR) is 289 cm³/mol. The number of para-hydroxylation sites is 2. The first-order chi connectivity index (χ1) is 34.0. The zero-order valence-electron chi connectivity index (χ0n) is 38.5. The largest absolute Gasteiger partial charge is 0.309 e. The summed E-state index contributed by atoms with van der Waals surface area (Å²) in [5.74, 6) is 0. The molecule has 1 heterocycles. The van der Waals surface area contributed by atoms with Crippen LogP contribution in [0.1, 0.15) is 55.6 Å². The van der Waals surface area contributed by atoms with Gasteiger partial charge in [0.2, 0.25) is 0 Å². The molecule has 0 fully saturated rings. The third-order valence-electron chi connectivity index (χ3n) is 16.1. The number of hydrogen-bond acceptors (Lipinski definition) is 0. The van der Waals surface area contributed by atoms with Gasteiger partial charge in [0.15, 0.2) is 0 Å². The van der Waals surface area contributed by atoms with Crippen molar-refractivity contribution in [1.29, 1.82) is 0 Å². The molecule has 0 aliphatic heterocycles. The third kappa shape index (κ3) is 5.04. The molecule has 322 valence electrons. The van der Waals surface area contributed by atoms with Crippen LogP contribution >= 0.6 is 0 Å². The fourth-order valence-electron chi connectivity index (χ4n) is 13.4. The van der Waals surface area contributed by atoms with Crippen molar-refractivity contribution < 1.29 is 0 Å². The molecule has 1 aromatic heterocycles. The lowest BCUT2D eigenvalue weighted by Gasteiger charge is -2.39. The summed E-state index contributed by atoms with van der Waals surface area (Å²) in [4.78, 5) is 0. The van der Waals surface area contributed by atoms with E-state index in [0.29, 0.717) is 0 Å². The fraction of sp³-hybridized carbons (Fsp3) is 0.0588. The molecular weight excluding hydrogens is 831 g/mol. The Morgan fingerprint density at radius 3 is 1.17 bits per heavy atom. The van der Waals surface area contributed by atoms with Crippen molar-refractivity contribution in [2.45, 2.75) is 24.7 Å². The summed E-state index contributed by atoms with van der Waals surface area (Å²) in [6, 6.07) is 89.9. The van der Waals surface area contributed by atoms with Crippen molar-refractivity contribution in [3.63, 3.8) is 0 Å². The Morgan fingerprint density at radius 2 is 0.696 bits per heavy atom. The number of aryl methyl sites for hydroxylation is 2. The monoisotopic (exact) mass is 875 g/mol. The first-order valence-electron chi connectivity index (χ1n) is 24.3. The number of benzene rings is 12. The predicted octanol–water partition coefficient (Wildman–Crippen LogP) is 17.0. The zero-order valence-corrected chi connectivity index (χ0v) is 38.5. The Bertz CT molecular complexity index is 4050. The van der Waals surface area contributed by atoms with Crippen LogP contribution < -0.4 is 0 Å². The molecular formula is C68H45N. The first kappa shape index (κ1) is 38.6. The molecule has 0 amide bonds. The highest BCUT2D eigenvalue weighted by Gasteiger charge is 2.56. The normalized spacial score (nSPS) is 14.2. The highest BCUT2D eigenvalue weighted by atomic mass is 15.0. The number of hydrogen-bond donors (Lipinski definition) is 0. The molecule has 0 bridgehead atoms. The molecule has 0 atom stereocenters. The summed E-state index contributed by atoms with van der Waals surface area (Å²) in [5, 5.41) is 10.4. The fourth-order valence-corrected chi connectivity index (χ4v) is 13.4. The van der Waals surface area contributed by atoms with Gasteiger partial charge in [-0.15, -0.1) is 0 Å². The van der Waals surface area contributed by atoms with Crippen LogP contribution in [0.5, 0.6) is 0 Å². The lowest BCUT2D eigenvalue weighted by atomic mass is 9.62. The van der Waals surface area contributed by atoms with E-state index in [2.05, 4.69) is 255 Å². The maximum atomic E-state index is 2.50. The van der Waals surface area contributed by atoms with Gasteiger partial charge in [-0.1, -0.05) is 211 Å². The summed E-state index contributed by atoms with van der Waals surface area (Å²) in [6.45, 7) is 4.60. The van der Waals surface area contributed by atoms with Crippen LogP contribution in [0.25, 0.3) is 82.1 Å². The molecule has 2 aliphatic rings. The van der Waals surface area contributed by atoms with E-state index in [-0.39, 0.29) is 0 Å². The van der Waals surface area contributed by atoms with E-state index in [0.717, 1.165) is 5.69 Å². The summed E-state index contributed by atoms with van der Waals surface area (Å²) in [6.07, 6.45) is 0. The molecule has 0 spiro atoms. The quantitative estimate of drug-likeness (QED) is 0.147. The van der Waals surface area contributed by atoms with Crippen molar-refractivity contribution in [3.8, 4) is 27.9 Å². The Balaban J connectivity index is 0.950.